The molecule has 2 rings (SSSR count). The van der Waals surface area contributed by atoms with Crippen LogP contribution in [0.25, 0.3) is 0 Å². The first kappa shape index (κ1) is 7.47. The molecule has 1 atom stereocenters. The fourth-order valence-electron chi connectivity index (χ4n) is 1.64. The average Bonchev–Trinajstić information content (AvgIpc) is 2.44. The largest absolute Gasteiger partial charge is 0.246 e. The molecule has 1 heterocycles. The number of rotatable bonds is 1. The minimum atomic E-state index is 0.349. The maximum absolute atomic E-state index is 4.58. The van der Waals surface area contributed by atoms with Gasteiger partial charge in [0.05, 0.1) is 0 Å². The van der Waals surface area contributed by atoms with Crippen LogP contribution in [-0.2, 0) is 0 Å². The molecule has 62 valence electrons. The molecule has 1 aliphatic rings. The van der Waals surface area contributed by atoms with Gasteiger partial charge in [-0.3, -0.25) is 0 Å². The van der Waals surface area contributed by atoms with Crippen molar-refractivity contribution in [3.05, 3.63) is 35.0 Å². The molecule has 0 saturated carbocycles. The molecule has 0 spiro atoms. The molecule has 2 nitrogen and oxygen atoms in total. The second kappa shape index (κ2) is 2.70. The van der Waals surface area contributed by atoms with Crippen LogP contribution in [0.2, 0.25) is 0 Å². The van der Waals surface area contributed by atoms with Crippen molar-refractivity contribution in [2.75, 3.05) is 7.05 Å². The zero-order valence-corrected chi connectivity index (χ0v) is 7.49. The Kier molecular flexibility index (Phi) is 1.68. The highest BCUT2D eigenvalue weighted by Crippen LogP contribution is 1.95. The zero-order valence-electron chi connectivity index (χ0n) is 7.49. The van der Waals surface area contributed by atoms with Gasteiger partial charge in [0, 0.05) is 12.5 Å². The monoisotopic (exact) mass is 161 g/mol. The summed E-state index contributed by atoms with van der Waals surface area (Å²) in [5.41, 5.74) is 0. The first-order valence-electron chi connectivity index (χ1n) is 4.35. The number of hydrogen-bond donors (Lipinski definition) is 0. The van der Waals surface area contributed by atoms with E-state index in [4.69, 9.17) is 0 Å². The molecule has 1 unspecified atom stereocenters. The fourth-order valence-corrected chi connectivity index (χ4v) is 1.64. The molecule has 1 aliphatic heterocycles. The van der Waals surface area contributed by atoms with Crippen molar-refractivity contribution in [3.8, 4) is 0 Å². The number of benzene rings is 1. The predicted molar refractivity (Wildman–Crippen MR) is 48.5 cm³/mol. The Morgan fingerprint density at radius 2 is 2.17 bits per heavy atom. The lowest BCUT2D eigenvalue weighted by Gasteiger charge is -1.98. The van der Waals surface area contributed by atoms with E-state index in [-0.39, 0.29) is 0 Å². The fraction of sp³-hybridized carbons (Fsp3) is 0.400. The molecule has 1 aromatic carbocycles. The molecule has 0 aromatic heterocycles. The molecule has 0 bridgehead atoms. The second-order valence-electron chi connectivity index (χ2n) is 3.12. The highest BCUT2D eigenvalue weighted by molar-refractivity contribution is 5.04. The van der Waals surface area contributed by atoms with Crippen molar-refractivity contribution in [3.63, 3.8) is 0 Å². The molecule has 0 radical (unpaired) electrons. The summed E-state index contributed by atoms with van der Waals surface area (Å²) in [6.07, 6.45) is 1.42. The van der Waals surface area contributed by atoms with Crippen LogP contribution >= 0.6 is 0 Å². The van der Waals surface area contributed by atoms with Crippen LogP contribution in [0.15, 0.2) is 29.3 Å². The van der Waals surface area contributed by atoms with Gasteiger partial charge in [-0.05, 0) is 6.07 Å². The third kappa shape index (κ3) is 0.951. The number of fused-ring (bicyclic) bond motifs is 1. The van der Waals surface area contributed by atoms with Gasteiger partial charge in [-0.1, -0.05) is 19.1 Å². The Hall–Kier alpha value is -1.18. The summed E-state index contributed by atoms with van der Waals surface area (Å²) >= 11 is 0. The van der Waals surface area contributed by atoms with Crippen molar-refractivity contribution >= 4 is 0 Å². The molecule has 0 N–H and O–H groups in total. The number of hydrogen-bond acceptors (Lipinski definition) is 1. The highest BCUT2D eigenvalue weighted by atomic mass is 15.2. The van der Waals surface area contributed by atoms with E-state index in [9.17, 15) is 0 Å². The molecule has 0 saturated heterocycles. The first-order valence-corrected chi connectivity index (χ1v) is 4.35. The smallest absolute Gasteiger partial charge is 0.211 e. The van der Waals surface area contributed by atoms with Crippen LogP contribution < -0.4 is 15.3 Å². The van der Waals surface area contributed by atoms with E-state index in [2.05, 4.69) is 41.7 Å². The maximum Gasteiger partial charge on any atom is 0.246 e. The standard InChI is InChI=1S/C10H13N2/c1-3-10-11-8-6-4-5-7-9(8)12(10)2/h4-7,10H,3H2,1-2H3/q+1. The van der Waals surface area contributed by atoms with Crippen LogP contribution in [0.4, 0.5) is 0 Å². The van der Waals surface area contributed by atoms with Gasteiger partial charge in [0.1, 0.15) is 12.4 Å². The van der Waals surface area contributed by atoms with Crippen LogP contribution in [0.5, 0.6) is 0 Å². The van der Waals surface area contributed by atoms with Crippen molar-refractivity contribution in [1.29, 1.82) is 0 Å². The quantitative estimate of drug-likeness (QED) is 0.522. The van der Waals surface area contributed by atoms with Crippen LogP contribution in [0.1, 0.15) is 13.3 Å². The van der Waals surface area contributed by atoms with Crippen LogP contribution in [0.3, 0.4) is 0 Å². The van der Waals surface area contributed by atoms with E-state index in [1.54, 1.807) is 0 Å². The van der Waals surface area contributed by atoms with E-state index in [1.807, 2.05) is 6.07 Å². The van der Waals surface area contributed by atoms with Crippen molar-refractivity contribution in [1.82, 2.24) is 4.58 Å². The lowest BCUT2D eigenvalue weighted by atomic mass is 10.3. The third-order valence-electron chi connectivity index (χ3n) is 2.36. The Morgan fingerprint density at radius 3 is 2.83 bits per heavy atom. The lowest BCUT2D eigenvalue weighted by molar-refractivity contribution is 0.507. The van der Waals surface area contributed by atoms with E-state index in [1.165, 1.54) is 5.36 Å². The second-order valence-corrected chi connectivity index (χ2v) is 3.12. The van der Waals surface area contributed by atoms with Gasteiger partial charge in [-0.25, -0.2) is 9.57 Å². The summed E-state index contributed by atoms with van der Waals surface area (Å²) in [5.74, 6) is 0. The summed E-state index contributed by atoms with van der Waals surface area (Å²) in [6, 6.07) is 8.28. The van der Waals surface area contributed by atoms with E-state index >= 15 is 0 Å². The van der Waals surface area contributed by atoms with Gasteiger partial charge in [0.15, 0.2) is 0 Å². The molecule has 12 heavy (non-hydrogen) atoms. The van der Waals surface area contributed by atoms with E-state index in [0.29, 0.717) is 6.17 Å². The van der Waals surface area contributed by atoms with Crippen LogP contribution in [0, 0.1) is 0 Å². The molecular formula is C10H13N2+. The third-order valence-corrected chi connectivity index (χ3v) is 2.36. The van der Waals surface area contributed by atoms with Gasteiger partial charge < -0.3 is 0 Å². The first-order chi connectivity index (χ1) is 5.83. The molecule has 0 amide bonds. The lowest BCUT2D eigenvalue weighted by Crippen LogP contribution is -2.33. The Bertz CT molecular complexity index is 406. The number of nitrogens with zero attached hydrogens (tertiary/aromatic N) is 2. The number of para-hydroxylation sites is 2. The zero-order chi connectivity index (χ0) is 8.55. The van der Waals surface area contributed by atoms with Gasteiger partial charge in [-0.2, -0.15) is 0 Å². The summed E-state index contributed by atoms with van der Waals surface area (Å²) in [6.45, 7) is 2.16. The highest BCUT2D eigenvalue weighted by Gasteiger charge is 2.19. The average molecular weight is 161 g/mol. The Balaban J connectivity index is 2.72. The predicted octanol–water partition coefficient (Wildman–Crippen LogP) is 0.177. The molecular weight excluding hydrogens is 148 g/mol. The Labute approximate surface area is 71.9 Å². The van der Waals surface area contributed by atoms with E-state index < -0.39 is 0 Å². The molecule has 2 heteroatoms. The normalized spacial score (nSPS) is 20.5. The SMILES string of the molecule is CCC1N=c2ccccc2=[N+]1C. The van der Waals surface area contributed by atoms with Gasteiger partial charge in [0.25, 0.3) is 0 Å². The maximum atomic E-state index is 4.58. The van der Waals surface area contributed by atoms with Crippen molar-refractivity contribution in [2.24, 2.45) is 4.99 Å². The molecule has 1 aromatic rings. The van der Waals surface area contributed by atoms with Crippen molar-refractivity contribution in [2.45, 2.75) is 19.5 Å². The molecule has 0 fully saturated rings. The topological polar surface area (TPSA) is 15.4 Å². The van der Waals surface area contributed by atoms with E-state index in [0.717, 1.165) is 11.8 Å². The Morgan fingerprint density at radius 1 is 1.42 bits per heavy atom. The van der Waals surface area contributed by atoms with Gasteiger partial charge >= 0.3 is 0 Å². The van der Waals surface area contributed by atoms with Gasteiger partial charge in [-0.15, -0.1) is 0 Å². The van der Waals surface area contributed by atoms with Crippen LogP contribution in [-0.4, -0.2) is 13.2 Å². The summed E-state index contributed by atoms with van der Waals surface area (Å²) in [4.78, 5) is 4.58. The van der Waals surface area contributed by atoms with Gasteiger partial charge in [0.2, 0.25) is 11.5 Å². The minimum absolute atomic E-state index is 0.349. The summed E-state index contributed by atoms with van der Waals surface area (Å²) < 4.78 is 2.23. The molecule has 0 aliphatic carbocycles. The van der Waals surface area contributed by atoms with Crippen molar-refractivity contribution < 1.29 is 0 Å². The summed E-state index contributed by atoms with van der Waals surface area (Å²) in [5, 5.41) is 2.39. The summed E-state index contributed by atoms with van der Waals surface area (Å²) in [7, 11) is 2.10. The minimum Gasteiger partial charge on any atom is -0.211 e.